The molecule has 28 heavy (non-hydrogen) atoms. The molecule has 1 saturated heterocycles. The molecule has 2 unspecified atom stereocenters. The molecule has 2 aliphatic heterocycles. The van der Waals surface area contributed by atoms with Gasteiger partial charge in [-0.05, 0) is 25.5 Å². The highest BCUT2D eigenvalue weighted by Crippen LogP contribution is 2.45. The van der Waals surface area contributed by atoms with Crippen molar-refractivity contribution < 1.29 is 14.5 Å². The summed E-state index contributed by atoms with van der Waals surface area (Å²) in [5, 5.41) is 14.0. The van der Waals surface area contributed by atoms with Gasteiger partial charge >= 0.3 is 0 Å². The van der Waals surface area contributed by atoms with E-state index in [1.807, 2.05) is 0 Å². The molecule has 2 aromatic rings. The number of nitrogens with zero attached hydrogens (tertiary/aromatic N) is 3. The predicted octanol–water partition coefficient (Wildman–Crippen LogP) is 2.49. The molecular formula is C18H17ClN4O5. The Labute approximate surface area is 164 Å². The van der Waals surface area contributed by atoms with Gasteiger partial charge in [-0.25, -0.2) is 4.99 Å². The molecule has 4 rings (SSSR count). The predicted molar refractivity (Wildman–Crippen MR) is 102 cm³/mol. The molecule has 0 bridgehead atoms. The van der Waals surface area contributed by atoms with E-state index < -0.39 is 22.4 Å². The lowest BCUT2D eigenvalue weighted by Gasteiger charge is -2.40. The lowest BCUT2D eigenvalue weighted by atomic mass is 9.70. The minimum Gasteiger partial charge on any atom is -0.362 e. The summed E-state index contributed by atoms with van der Waals surface area (Å²) < 4.78 is 7.14. The van der Waals surface area contributed by atoms with Crippen molar-refractivity contribution in [2.75, 3.05) is 6.61 Å². The second-order valence-corrected chi connectivity index (χ2v) is 7.83. The van der Waals surface area contributed by atoms with Crippen LogP contribution in [0.4, 0.5) is 11.5 Å². The summed E-state index contributed by atoms with van der Waals surface area (Å²) in [6, 6.07) is 4.34. The minimum atomic E-state index is -1.06. The molecule has 3 heterocycles. The molecule has 0 radical (unpaired) electrons. The number of hydrogen-bond donors (Lipinski definition) is 1. The third-order valence-electron chi connectivity index (χ3n) is 5.31. The van der Waals surface area contributed by atoms with Crippen LogP contribution in [0, 0.1) is 16.0 Å². The number of nitrogens with one attached hydrogen (secondary N) is 1. The maximum Gasteiger partial charge on any atom is 0.288 e. The quantitative estimate of drug-likeness (QED) is 0.609. The van der Waals surface area contributed by atoms with Crippen molar-refractivity contribution in [1.82, 2.24) is 9.78 Å². The number of H-pyrrole nitrogens is 1. The van der Waals surface area contributed by atoms with Gasteiger partial charge in [0.25, 0.3) is 11.2 Å². The molecule has 0 spiro atoms. The van der Waals surface area contributed by atoms with Gasteiger partial charge < -0.3 is 4.74 Å². The second kappa shape index (κ2) is 6.11. The number of carbonyl (C=O) groups is 1. The standard InChI is InChI=1S/C18H17ClN4O5/c1-18(2)15(24)13-10(7-28-18)20-16-14(17(25)21-22(16)3)12(13)8-4-5-9(19)11(6-8)23(26)27/h4-6,12-13H,7H2,1-3H3,(H,21,25). The summed E-state index contributed by atoms with van der Waals surface area (Å²) in [5.41, 5.74) is -0.472. The number of nitro benzene ring substituents is 1. The smallest absolute Gasteiger partial charge is 0.288 e. The van der Waals surface area contributed by atoms with E-state index in [1.165, 1.54) is 16.8 Å². The zero-order chi connectivity index (χ0) is 20.4. The first-order chi connectivity index (χ1) is 13.1. The molecule has 0 amide bonds. The van der Waals surface area contributed by atoms with Gasteiger partial charge in [-0.3, -0.25) is 29.5 Å². The Morgan fingerprint density at radius 2 is 2.07 bits per heavy atom. The molecule has 1 aromatic carbocycles. The van der Waals surface area contributed by atoms with Crippen molar-refractivity contribution in [3.63, 3.8) is 0 Å². The third kappa shape index (κ3) is 2.61. The fraction of sp³-hybridized carbons (Fsp3) is 0.389. The van der Waals surface area contributed by atoms with Gasteiger partial charge in [0.05, 0.1) is 28.7 Å². The fourth-order valence-electron chi connectivity index (χ4n) is 3.87. The van der Waals surface area contributed by atoms with E-state index in [0.717, 1.165) is 0 Å². The van der Waals surface area contributed by atoms with Gasteiger partial charge in [0.2, 0.25) is 0 Å². The number of Topliss-reactive ketones (excluding diaryl/α,β-unsaturated/α-hetero) is 1. The highest BCUT2D eigenvalue weighted by atomic mass is 35.5. The van der Waals surface area contributed by atoms with Crippen molar-refractivity contribution >= 4 is 34.6 Å². The number of ether oxygens (including phenoxy) is 1. The molecule has 9 nitrogen and oxygen atoms in total. The van der Waals surface area contributed by atoms with E-state index >= 15 is 0 Å². The highest BCUT2D eigenvalue weighted by molar-refractivity contribution is 6.32. The van der Waals surface area contributed by atoms with Crippen LogP contribution in [0.5, 0.6) is 0 Å². The average Bonchev–Trinajstić information content (AvgIpc) is 2.91. The molecule has 0 aliphatic carbocycles. The summed E-state index contributed by atoms with van der Waals surface area (Å²) in [6.07, 6.45) is 0. The Kier molecular flexibility index (Phi) is 4.06. The van der Waals surface area contributed by atoms with Crippen LogP contribution >= 0.6 is 11.6 Å². The average molecular weight is 405 g/mol. The number of hydrogen-bond acceptors (Lipinski definition) is 6. The summed E-state index contributed by atoms with van der Waals surface area (Å²) in [5.74, 6) is -1.32. The van der Waals surface area contributed by atoms with Crippen LogP contribution in [0.2, 0.25) is 5.02 Å². The number of aromatic amines is 1. The van der Waals surface area contributed by atoms with Crippen LogP contribution in [0.25, 0.3) is 0 Å². The first-order valence-corrected chi connectivity index (χ1v) is 8.98. The topological polar surface area (TPSA) is 120 Å². The maximum atomic E-state index is 13.2. The number of nitro groups is 1. The van der Waals surface area contributed by atoms with Crippen molar-refractivity contribution in [3.05, 3.63) is 54.8 Å². The summed E-state index contributed by atoms with van der Waals surface area (Å²) in [6.45, 7) is 3.46. The number of rotatable bonds is 2. The van der Waals surface area contributed by atoms with Crippen LogP contribution in [0.1, 0.15) is 30.9 Å². The lowest BCUT2D eigenvalue weighted by Crippen LogP contribution is -2.53. The van der Waals surface area contributed by atoms with Crippen molar-refractivity contribution in [2.24, 2.45) is 18.0 Å². The van der Waals surface area contributed by atoms with E-state index in [1.54, 1.807) is 27.0 Å². The Morgan fingerprint density at radius 3 is 2.75 bits per heavy atom. The molecular weight excluding hydrogens is 388 g/mol. The number of ketones is 1. The molecule has 1 N–H and O–H groups in total. The van der Waals surface area contributed by atoms with Gasteiger partial charge in [0.1, 0.15) is 10.6 Å². The Balaban J connectivity index is 1.99. The summed E-state index contributed by atoms with van der Waals surface area (Å²) in [4.78, 5) is 41.1. The van der Waals surface area contributed by atoms with Gasteiger partial charge in [-0.2, -0.15) is 0 Å². The van der Waals surface area contributed by atoms with Crippen LogP contribution < -0.4 is 5.56 Å². The van der Waals surface area contributed by atoms with Gasteiger partial charge in [0, 0.05) is 19.0 Å². The molecule has 0 saturated carbocycles. The lowest BCUT2D eigenvalue weighted by molar-refractivity contribution is -0.384. The van der Waals surface area contributed by atoms with E-state index in [-0.39, 0.29) is 28.7 Å². The molecule has 2 atom stereocenters. The van der Waals surface area contributed by atoms with Gasteiger partial charge in [0.15, 0.2) is 11.6 Å². The zero-order valence-corrected chi connectivity index (χ0v) is 16.1. The highest BCUT2D eigenvalue weighted by Gasteiger charge is 2.50. The number of benzene rings is 1. The first-order valence-electron chi connectivity index (χ1n) is 8.60. The number of aryl methyl sites for hydroxylation is 1. The number of aromatic nitrogens is 2. The summed E-state index contributed by atoms with van der Waals surface area (Å²) in [7, 11) is 1.64. The largest absolute Gasteiger partial charge is 0.362 e. The Bertz CT molecular complexity index is 1110. The van der Waals surface area contributed by atoms with Gasteiger partial charge in [-0.1, -0.05) is 17.7 Å². The number of fused-ring (bicyclic) bond motifs is 2. The molecule has 1 aromatic heterocycles. The number of halogens is 1. The van der Waals surface area contributed by atoms with Crippen LogP contribution in [-0.4, -0.2) is 38.4 Å². The number of carbonyl (C=O) groups excluding carboxylic acids is 1. The van der Waals surface area contributed by atoms with Crippen LogP contribution in [0.3, 0.4) is 0 Å². The van der Waals surface area contributed by atoms with E-state index in [0.29, 0.717) is 22.7 Å². The molecule has 146 valence electrons. The van der Waals surface area contributed by atoms with Crippen LogP contribution in [0.15, 0.2) is 28.0 Å². The van der Waals surface area contributed by atoms with Crippen molar-refractivity contribution in [1.29, 1.82) is 0 Å². The fourth-order valence-corrected chi connectivity index (χ4v) is 4.06. The van der Waals surface area contributed by atoms with E-state index in [9.17, 15) is 19.7 Å². The third-order valence-corrected chi connectivity index (χ3v) is 5.63. The molecule has 1 fully saturated rings. The molecule has 2 aliphatic rings. The Morgan fingerprint density at radius 1 is 1.36 bits per heavy atom. The summed E-state index contributed by atoms with van der Waals surface area (Å²) >= 11 is 5.95. The maximum absolute atomic E-state index is 13.2. The van der Waals surface area contributed by atoms with Crippen molar-refractivity contribution in [2.45, 2.75) is 25.4 Å². The van der Waals surface area contributed by atoms with Crippen LogP contribution in [-0.2, 0) is 16.6 Å². The first kappa shape index (κ1) is 18.6. The molecule has 10 heteroatoms. The van der Waals surface area contributed by atoms with Gasteiger partial charge in [-0.15, -0.1) is 0 Å². The normalized spacial score (nSPS) is 23.0. The van der Waals surface area contributed by atoms with E-state index in [2.05, 4.69) is 10.1 Å². The minimum absolute atomic E-state index is 0.0146. The van der Waals surface area contributed by atoms with E-state index in [4.69, 9.17) is 16.3 Å². The number of aliphatic imine (C=N–C) groups is 1. The second-order valence-electron chi connectivity index (χ2n) is 7.43. The monoisotopic (exact) mass is 404 g/mol. The van der Waals surface area contributed by atoms with Crippen molar-refractivity contribution in [3.8, 4) is 0 Å². The zero-order valence-electron chi connectivity index (χ0n) is 15.4. The Hall–Kier alpha value is -2.78. The SMILES string of the molecule is Cn1[nH]c(=O)c2c1N=C1COC(C)(C)C(=O)C1C2c1ccc(Cl)c([N+](=O)[O-])c1.